The zero-order valence-corrected chi connectivity index (χ0v) is 10.3. The van der Waals surface area contributed by atoms with E-state index in [2.05, 4.69) is 10.4 Å². The van der Waals surface area contributed by atoms with Crippen LogP contribution in [0.1, 0.15) is 22.2 Å². The quantitative estimate of drug-likeness (QED) is 0.648. The van der Waals surface area contributed by atoms with Gasteiger partial charge in [-0.2, -0.15) is 0 Å². The number of hydrogen-bond acceptors (Lipinski definition) is 4. The molecule has 0 aliphatic carbocycles. The summed E-state index contributed by atoms with van der Waals surface area (Å²) >= 11 is 1.59. The molecular weight excluding hydrogens is 237 g/mol. The molecule has 3 nitrogen and oxygen atoms in total. The van der Waals surface area contributed by atoms with E-state index in [-0.39, 0.29) is 11.9 Å². The molecule has 90 valence electrons. The Bertz CT molecular complexity index is 485. The summed E-state index contributed by atoms with van der Waals surface area (Å²) in [5.74, 6) is 5.35. The van der Waals surface area contributed by atoms with Gasteiger partial charge in [-0.25, -0.2) is 9.37 Å². The SMILES string of the molecule is Cc1cc(C(Cc2nccs2)NN)ccc1F. The van der Waals surface area contributed by atoms with Crippen molar-refractivity contribution < 1.29 is 4.39 Å². The number of hydrazine groups is 1. The number of aryl methyl sites for hydroxylation is 1. The summed E-state index contributed by atoms with van der Waals surface area (Å²) in [4.78, 5) is 4.22. The van der Waals surface area contributed by atoms with Crippen molar-refractivity contribution in [3.05, 3.63) is 51.7 Å². The Morgan fingerprint density at radius 3 is 2.94 bits per heavy atom. The smallest absolute Gasteiger partial charge is 0.126 e. The van der Waals surface area contributed by atoms with Crippen LogP contribution >= 0.6 is 11.3 Å². The van der Waals surface area contributed by atoms with Gasteiger partial charge in [-0.05, 0) is 24.1 Å². The zero-order chi connectivity index (χ0) is 12.3. The lowest BCUT2D eigenvalue weighted by atomic mass is 10.0. The van der Waals surface area contributed by atoms with Crippen molar-refractivity contribution in [2.75, 3.05) is 0 Å². The Hall–Kier alpha value is -1.30. The van der Waals surface area contributed by atoms with E-state index in [4.69, 9.17) is 5.84 Å². The predicted octanol–water partition coefficient (Wildman–Crippen LogP) is 2.34. The van der Waals surface area contributed by atoms with Crippen molar-refractivity contribution in [1.29, 1.82) is 0 Å². The first-order valence-corrected chi connectivity index (χ1v) is 6.19. The Kier molecular flexibility index (Phi) is 3.83. The molecule has 2 aromatic rings. The number of halogens is 1. The standard InChI is InChI=1S/C12H14FN3S/c1-8-6-9(2-3-10(8)13)11(16-14)7-12-15-4-5-17-12/h2-6,11,16H,7,14H2,1H3. The number of nitrogens with zero attached hydrogens (tertiary/aromatic N) is 1. The molecule has 0 radical (unpaired) electrons. The van der Waals surface area contributed by atoms with Gasteiger partial charge in [0.2, 0.25) is 0 Å². The van der Waals surface area contributed by atoms with E-state index < -0.39 is 0 Å². The van der Waals surface area contributed by atoms with E-state index in [9.17, 15) is 4.39 Å². The molecule has 3 N–H and O–H groups in total. The van der Waals surface area contributed by atoms with E-state index in [0.717, 1.165) is 10.6 Å². The second kappa shape index (κ2) is 5.35. The van der Waals surface area contributed by atoms with Crippen LogP contribution in [-0.2, 0) is 6.42 Å². The van der Waals surface area contributed by atoms with Crippen LogP contribution in [0.3, 0.4) is 0 Å². The lowest BCUT2D eigenvalue weighted by molar-refractivity contribution is 0.547. The van der Waals surface area contributed by atoms with Crippen molar-refractivity contribution in [1.82, 2.24) is 10.4 Å². The number of hydrogen-bond donors (Lipinski definition) is 2. The van der Waals surface area contributed by atoms with Gasteiger partial charge in [-0.15, -0.1) is 11.3 Å². The van der Waals surface area contributed by atoms with E-state index >= 15 is 0 Å². The molecule has 1 aromatic carbocycles. The average Bonchev–Trinajstić information content (AvgIpc) is 2.82. The van der Waals surface area contributed by atoms with Gasteiger partial charge in [0, 0.05) is 18.0 Å². The molecule has 0 amide bonds. The Balaban J connectivity index is 2.20. The lowest BCUT2D eigenvalue weighted by Gasteiger charge is -2.15. The van der Waals surface area contributed by atoms with Gasteiger partial charge < -0.3 is 0 Å². The molecule has 1 aromatic heterocycles. The van der Waals surface area contributed by atoms with Crippen LogP contribution in [0.25, 0.3) is 0 Å². The second-order valence-electron chi connectivity index (χ2n) is 3.86. The van der Waals surface area contributed by atoms with Crippen LogP contribution in [0.2, 0.25) is 0 Å². The number of aromatic nitrogens is 1. The monoisotopic (exact) mass is 251 g/mol. The molecule has 1 heterocycles. The van der Waals surface area contributed by atoms with Crippen molar-refractivity contribution in [2.45, 2.75) is 19.4 Å². The summed E-state index contributed by atoms with van der Waals surface area (Å²) in [6, 6.07) is 4.99. The summed E-state index contributed by atoms with van der Waals surface area (Å²) in [6.07, 6.45) is 2.47. The molecule has 2 rings (SSSR count). The molecule has 0 spiro atoms. The van der Waals surface area contributed by atoms with E-state index in [1.807, 2.05) is 11.4 Å². The molecule has 5 heteroatoms. The van der Waals surface area contributed by atoms with Gasteiger partial charge in [0.25, 0.3) is 0 Å². The maximum atomic E-state index is 13.2. The van der Waals surface area contributed by atoms with Crippen LogP contribution < -0.4 is 11.3 Å². The first-order chi connectivity index (χ1) is 8.20. The highest BCUT2D eigenvalue weighted by Crippen LogP contribution is 2.21. The van der Waals surface area contributed by atoms with Crippen LogP contribution in [0.15, 0.2) is 29.8 Å². The fourth-order valence-electron chi connectivity index (χ4n) is 1.69. The third kappa shape index (κ3) is 2.88. The fraction of sp³-hybridized carbons (Fsp3) is 0.250. The molecule has 0 saturated carbocycles. The molecule has 1 unspecified atom stereocenters. The summed E-state index contributed by atoms with van der Waals surface area (Å²) in [6.45, 7) is 1.75. The van der Waals surface area contributed by atoms with Crippen molar-refractivity contribution in [3.8, 4) is 0 Å². The Morgan fingerprint density at radius 2 is 2.35 bits per heavy atom. The second-order valence-corrected chi connectivity index (χ2v) is 4.84. The highest BCUT2D eigenvalue weighted by atomic mass is 32.1. The summed E-state index contributed by atoms with van der Waals surface area (Å²) < 4.78 is 13.2. The topological polar surface area (TPSA) is 50.9 Å². The molecular formula is C12H14FN3S. The Morgan fingerprint density at radius 1 is 1.53 bits per heavy atom. The van der Waals surface area contributed by atoms with Gasteiger partial charge in [0.15, 0.2) is 0 Å². The molecule has 0 saturated heterocycles. The molecule has 0 bridgehead atoms. The number of nitrogens with one attached hydrogen (secondary N) is 1. The van der Waals surface area contributed by atoms with E-state index in [1.54, 1.807) is 30.5 Å². The molecule has 0 aliphatic rings. The van der Waals surface area contributed by atoms with Gasteiger partial charge in [0.05, 0.1) is 11.0 Å². The van der Waals surface area contributed by atoms with Crippen LogP contribution in [0, 0.1) is 12.7 Å². The summed E-state index contributed by atoms with van der Waals surface area (Å²) in [7, 11) is 0. The minimum absolute atomic E-state index is 0.0413. The van der Waals surface area contributed by atoms with E-state index in [1.165, 1.54) is 6.07 Å². The van der Waals surface area contributed by atoms with Crippen molar-refractivity contribution in [2.24, 2.45) is 5.84 Å². The minimum Gasteiger partial charge on any atom is -0.271 e. The average molecular weight is 251 g/mol. The van der Waals surface area contributed by atoms with Gasteiger partial charge in [-0.1, -0.05) is 12.1 Å². The maximum absolute atomic E-state index is 13.2. The normalized spacial score (nSPS) is 12.6. The fourth-order valence-corrected chi connectivity index (χ4v) is 2.35. The number of thiazole rings is 1. The molecule has 0 aliphatic heterocycles. The molecule has 17 heavy (non-hydrogen) atoms. The summed E-state index contributed by atoms with van der Waals surface area (Å²) in [5, 5.41) is 2.94. The third-order valence-electron chi connectivity index (χ3n) is 2.65. The highest BCUT2D eigenvalue weighted by Gasteiger charge is 2.13. The zero-order valence-electron chi connectivity index (χ0n) is 9.48. The van der Waals surface area contributed by atoms with Crippen LogP contribution in [0.4, 0.5) is 4.39 Å². The van der Waals surface area contributed by atoms with Gasteiger partial charge in [-0.3, -0.25) is 11.3 Å². The van der Waals surface area contributed by atoms with Crippen LogP contribution in [0.5, 0.6) is 0 Å². The first-order valence-electron chi connectivity index (χ1n) is 5.31. The first kappa shape index (κ1) is 12.2. The van der Waals surface area contributed by atoms with Gasteiger partial charge in [0.1, 0.15) is 5.82 Å². The molecule has 0 fully saturated rings. The van der Waals surface area contributed by atoms with Crippen molar-refractivity contribution in [3.63, 3.8) is 0 Å². The highest BCUT2D eigenvalue weighted by molar-refractivity contribution is 7.09. The number of nitrogens with two attached hydrogens (primary N) is 1. The number of benzene rings is 1. The van der Waals surface area contributed by atoms with Gasteiger partial charge >= 0.3 is 0 Å². The largest absolute Gasteiger partial charge is 0.271 e. The number of rotatable bonds is 4. The van der Waals surface area contributed by atoms with Crippen LogP contribution in [-0.4, -0.2) is 4.98 Å². The maximum Gasteiger partial charge on any atom is 0.126 e. The minimum atomic E-state index is -0.196. The van der Waals surface area contributed by atoms with E-state index in [0.29, 0.717) is 12.0 Å². The summed E-state index contributed by atoms with van der Waals surface area (Å²) in [5.41, 5.74) is 4.35. The predicted molar refractivity (Wildman–Crippen MR) is 67.0 cm³/mol. The molecule has 1 atom stereocenters. The Labute approximate surface area is 103 Å². The van der Waals surface area contributed by atoms with Crippen molar-refractivity contribution >= 4 is 11.3 Å². The third-order valence-corrected chi connectivity index (χ3v) is 3.45. The lowest BCUT2D eigenvalue weighted by Crippen LogP contribution is -2.29.